The Morgan fingerprint density at radius 2 is 1.94 bits per heavy atom. The Morgan fingerprint density at radius 1 is 1.15 bits per heavy atom. The zero-order valence-electron chi connectivity index (χ0n) is 18.0. The Kier molecular flexibility index (Phi) is 5.08. The van der Waals surface area contributed by atoms with Crippen LogP contribution in [0.4, 0.5) is 10.1 Å². The zero-order chi connectivity index (χ0) is 23.3. The largest absolute Gasteiger partial charge is 0.460 e. The second-order valence-electron chi connectivity index (χ2n) is 8.38. The molecule has 172 valence electrons. The number of hydrogen-bond donors (Lipinski definition) is 0. The van der Waals surface area contributed by atoms with Gasteiger partial charge in [0.15, 0.2) is 4.87 Å². The summed E-state index contributed by atoms with van der Waals surface area (Å²) in [5.41, 5.74) is 2.53. The molecule has 0 saturated carbocycles. The summed E-state index contributed by atoms with van der Waals surface area (Å²) >= 11 is 1.34. The van der Waals surface area contributed by atoms with E-state index in [1.165, 1.54) is 23.9 Å². The van der Waals surface area contributed by atoms with Crippen molar-refractivity contribution < 1.29 is 28.2 Å². The van der Waals surface area contributed by atoms with Crippen LogP contribution in [0.25, 0.3) is 0 Å². The van der Waals surface area contributed by atoms with Gasteiger partial charge in [-0.1, -0.05) is 54.2 Å². The van der Waals surface area contributed by atoms with Crippen molar-refractivity contribution in [1.29, 1.82) is 0 Å². The summed E-state index contributed by atoms with van der Waals surface area (Å²) in [6, 6.07) is 19.6. The summed E-state index contributed by atoms with van der Waals surface area (Å²) in [6.45, 7) is -0.00784. The number of fused-ring (bicyclic) bond motifs is 4. The fourth-order valence-corrected chi connectivity index (χ4v) is 6.10. The first kappa shape index (κ1) is 21.2. The van der Waals surface area contributed by atoms with E-state index in [1.54, 1.807) is 4.90 Å². The average Bonchev–Trinajstić information content (AvgIpc) is 3.38. The van der Waals surface area contributed by atoms with E-state index in [4.69, 9.17) is 14.2 Å². The highest BCUT2D eigenvalue weighted by atomic mass is 32.2. The van der Waals surface area contributed by atoms with Crippen LogP contribution in [0.2, 0.25) is 0 Å². The number of esters is 1. The SMILES string of the molecule is O=C1CCC2(C(=O)OCc3cc(F)cc4c3OC(c3ccccc3)OC4)Sc3ccccc3N12. The van der Waals surface area contributed by atoms with E-state index >= 15 is 0 Å². The van der Waals surface area contributed by atoms with E-state index in [9.17, 15) is 14.0 Å². The fraction of sp³-hybridized carbons (Fsp3) is 0.231. The maximum Gasteiger partial charge on any atom is 0.343 e. The molecule has 0 spiro atoms. The molecule has 2 unspecified atom stereocenters. The minimum absolute atomic E-state index is 0.108. The number of nitrogens with zero attached hydrogens (tertiary/aromatic N) is 1. The van der Waals surface area contributed by atoms with Gasteiger partial charge < -0.3 is 14.2 Å². The molecule has 0 N–H and O–H groups in total. The number of para-hydroxylation sites is 1. The monoisotopic (exact) mass is 477 g/mol. The number of anilines is 1. The Hall–Kier alpha value is -3.36. The van der Waals surface area contributed by atoms with Crippen molar-refractivity contribution in [3.8, 4) is 5.75 Å². The normalized spacial score (nSPS) is 22.6. The van der Waals surface area contributed by atoms with Crippen LogP contribution >= 0.6 is 11.8 Å². The van der Waals surface area contributed by atoms with Gasteiger partial charge >= 0.3 is 5.97 Å². The Bertz CT molecular complexity index is 1300. The summed E-state index contributed by atoms with van der Waals surface area (Å²) in [6.07, 6.45) is -0.0218. The standard InChI is InChI=1S/C26H20FNO5S/c27-19-12-17-14-31-24(16-6-2-1-3-7-16)33-23(17)18(13-19)15-32-25(30)26-11-10-22(29)28(26)20-8-4-5-9-21(20)34-26/h1-9,12-13,24H,10-11,14-15H2. The molecule has 1 fully saturated rings. The first-order valence-corrected chi connectivity index (χ1v) is 11.8. The van der Waals surface area contributed by atoms with Crippen LogP contribution in [0.3, 0.4) is 0 Å². The number of rotatable bonds is 4. The van der Waals surface area contributed by atoms with Crippen molar-refractivity contribution in [2.24, 2.45) is 0 Å². The highest BCUT2D eigenvalue weighted by Crippen LogP contribution is 2.56. The molecule has 3 aliphatic heterocycles. The van der Waals surface area contributed by atoms with Gasteiger partial charge in [-0.2, -0.15) is 0 Å². The third-order valence-electron chi connectivity index (χ3n) is 6.25. The van der Waals surface area contributed by atoms with Crippen molar-refractivity contribution in [1.82, 2.24) is 0 Å². The van der Waals surface area contributed by atoms with Crippen molar-refractivity contribution in [2.75, 3.05) is 4.90 Å². The van der Waals surface area contributed by atoms with Gasteiger partial charge in [-0.05, 0) is 24.3 Å². The highest BCUT2D eigenvalue weighted by molar-refractivity contribution is 8.02. The van der Waals surface area contributed by atoms with Crippen molar-refractivity contribution in [2.45, 2.75) is 42.1 Å². The van der Waals surface area contributed by atoms with Gasteiger partial charge in [-0.15, -0.1) is 0 Å². The molecule has 2 atom stereocenters. The number of ether oxygens (including phenoxy) is 3. The number of carbonyl (C=O) groups excluding carboxylic acids is 2. The minimum Gasteiger partial charge on any atom is -0.460 e. The summed E-state index contributed by atoms with van der Waals surface area (Å²) in [5.74, 6) is -0.643. The summed E-state index contributed by atoms with van der Waals surface area (Å²) < 4.78 is 31.9. The molecule has 1 saturated heterocycles. The van der Waals surface area contributed by atoms with Crippen LogP contribution in [-0.2, 0) is 32.3 Å². The van der Waals surface area contributed by atoms with Crippen molar-refractivity contribution >= 4 is 29.3 Å². The lowest BCUT2D eigenvalue weighted by molar-refractivity contribution is -0.148. The second kappa shape index (κ2) is 8.14. The van der Waals surface area contributed by atoms with E-state index < -0.39 is 22.9 Å². The molecular formula is C26H20FNO5S. The lowest BCUT2D eigenvalue weighted by Gasteiger charge is -2.30. The molecule has 0 bridgehead atoms. The van der Waals surface area contributed by atoms with Gasteiger partial charge in [0.05, 0.1) is 12.3 Å². The Labute approximate surface area is 199 Å². The second-order valence-corrected chi connectivity index (χ2v) is 9.70. The number of carbonyl (C=O) groups is 2. The van der Waals surface area contributed by atoms with Crippen LogP contribution in [0.1, 0.15) is 35.8 Å². The van der Waals surface area contributed by atoms with E-state index in [-0.39, 0.29) is 25.5 Å². The number of benzene rings is 3. The molecular weight excluding hydrogens is 457 g/mol. The highest BCUT2D eigenvalue weighted by Gasteiger charge is 2.58. The van der Waals surface area contributed by atoms with Crippen LogP contribution in [0, 0.1) is 5.82 Å². The molecule has 0 aliphatic carbocycles. The maximum atomic E-state index is 14.3. The molecule has 6 nitrogen and oxygen atoms in total. The van der Waals surface area contributed by atoms with Crippen LogP contribution in [-0.4, -0.2) is 16.7 Å². The molecule has 6 rings (SSSR count). The van der Waals surface area contributed by atoms with Gasteiger partial charge in [0.1, 0.15) is 18.2 Å². The third kappa shape index (κ3) is 3.36. The van der Waals surface area contributed by atoms with Gasteiger partial charge in [-0.25, -0.2) is 9.18 Å². The fourth-order valence-electron chi connectivity index (χ4n) is 4.69. The smallest absolute Gasteiger partial charge is 0.343 e. The molecule has 3 aliphatic rings. The van der Waals surface area contributed by atoms with Gasteiger partial charge in [0, 0.05) is 34.4 Å². The molecule has 1 amide bonds. The Balaban J connectivity index is 1.25. The van der Waals surface area contributed by atoms with E-state index in [2.05, 4.69) is 0 Å². The predicted octanol–water partition coefficient (Wildman–Crippen LogP) is 5.11. The van der Waals surface area contributed by atoms with Crippen molar-refractivity contribution in [3.05, 3.63) is 89.2 Å². The molecule has 3 aromatic carbocycles. The molecule has 3 heterocycles. The zero-order valence-corrected chi connectivity index (χ0v) is 18.8. The molecule has 3 aromatic rings. The quantitative estimate of drug-likeness (QED) is 0.487. The number of amides is 1. The van der Waals surface area contributed by atoms with Gasteiger partial charge in [0.2, 0.25) is 12.2 Å². The number of hydrogen-bond acceptors (Lipinski definition) is 6. The predicted molar refractivity (Wildman–Crippen MR) is 123 cm³/mol. The van der Waals surface area contributed by atoms with Crippen LogP contribution in [0.15, 0.2) is 71.6 Å². The first-order chi connectivity index (χ1) is 16.5. The van der Waals surface area contributed by atoms with E-state index in [0.717, 1.165) is 16.1 Å². The molecule has 0 radical (unpaired) electrons. The average molecular weight is 478 g/mol. The summed E-state index contributed by atoms with van der Waals surface area (Å²) in [5, 5.41) is 0. The minimum atomic E-state index is -1.13. The topological polar surface area (TPSA) is 65.1 Å². The van der Waals surface area contributed by atoms with Crippen LogP contribution < -0.4 is 9.64 Å². The third-order valence-corrected chi connectivity index (χ3v) is 7.70. The van der Waals surface area contributed by atoms with Gasteiger partial charge in [0.25, 0.3) is 0 Å². The maximum absolute atomic E-state index is 14.3. The molecule has 34 heavy (non-hydrogen) atoms. The van der Waals surface area contributed by atoms with E-state index in [0.29, 0.717) is 23.3 Å². The van der Waals surface area contributed by atoms with E-state index in [1.807, 2.05) is 54.6 Å². The lowest BCUT2D eigenvalue weighted by Crippen LogP contribution is -2.47. The lowest BCUT2D eigenvalue weighted by atomic mass is 10.1. The number of halogens is 1. The molecule has 8 heteroatoms. The number of thioether (sulfide) groups is 1. The first-order valence-electron chi connectivity index (χ1n) is 11.0. The van der Waals surface area contributed by atoms with Gasteiger partial charge in [-0.3, -0.25) is 9.69 Å². The molecule has 0 aromatic heterocycles. The Morgan fingerprint density at radius 3 is 2.79 bits per heavy atom. The van der Waals surface area contributed by atoms with Crippen LogP contribution in [0.5, 0.6) is 5.75 Å². The summed E-state index contributed by atoms with van der Waals surface area (Å²) in [7, 11) is 0. The van der Waals surface area contributed by atoms with Crippen molar-refractivity contribution in [3.63, 3.8) is 0 Å². The summed E-state index contributed by atoms with van der Waals surface area (Å²) in [4.78, 5) is 27.3.